The smallest absolute Gasteiger partial charge is 0.263 e. The van der Waals surface area contributed by atoms with Crippen molar-refractivity contribution in [1.29, 1.82) is 0 Å². The lowest BCUT2D eigenvalue weighted by atomic mass is 10.0. The SMILES string of the molecule is COc1ncc(-c2ccc3nc(N)c(C(=O)N4CCC(O)CC4)cc3c2)cc1NS(=O)(=O)c1cccnc1. The number of nitrogens with two attached hydrogens (primary N) is 1. The Hall–Kier alpha value is -4.29. The number of aliphatic hydroxyl groups excluding tert-OH is 1. The van der Waals surface area contributed by atoms with Crippen molar-refractivity contribution in [2.24, 2.45) is 0 Å². The van der Waals surface area contributed by atoms with Crippen molar-refractivity contribution in [2.45, 2.75) is 23.8 Å². The van der Waals surface area contributed by atoms with Crippen molar-refractivity contribution in [2.75, 3.05) is 30.7 Å². The third-order valence-corrected chi connectivity index (χ3v) is 7.74. The maximum absolute atomic E-state index is 13.1. The standard InChI is InChI=1S/C26H26N6O5S/c1-37-25-23(31-38(35,36)20-3-2-8-28-15-20)13-18(14-29-25)16-4-5-22-17(11-16)12-21(24(27)30-22)26(34)32-9-6-19(33)7-10-32/h2-5,8,11-15,19,31,33H,6-7,9-10H2,1H3,(H2,27,30). The molecule has 1 aromatic carbocycles. The van der Waals surface area contributed by atoms with Gasteiger partial charge in [-0.05, 0) is 54.8 Å². The van der Waals surface area contributed by atoms with Crippen molar-refractivity contribution in [1.82, 2.24) is 19.9 Å². The Labute approximate surface area is 219 Å². The molecule has 1 saturated heterocycles. The van der Waals surface area contributed by atoms with Gasteiger partial charge in [0, 0.05) is 42.6 Å². The predicted octanol–water partition coefficient (Wildman–Crippen LogP) is 2.68. The van der Waals surface area contributed by atoms with E-state index in [0.717, 1.165) is 5.56 Å². The Kier molecular flexibility index (Phi) is 6.83. The fourth-order valence-electron chi connectivity index (χ4n) is 4.34. The highest BCUT2D eigenvalue weighted by Gasteiger charge is 2.25. The van der Waals surface area contributed by atoms with Gasteiger partial charge in [0.2, 0.25) is 5.88 Å². The Morgan fingerprint density at radius 1 is 1.13 bits per heavy atom. The summed E-state index contributed by atoms with van der Waals surface area (Å²) in [5.41, 5.74) is 8.53. The van der Waals surface area contributed by atoms with Crippen molar-refractivity contribution < 1.29 is 23.1 Å². The van der Waals surface area contributed by atoms with Gasteiger partial charge in [0.25, 0.3) is 15.9 Å². The molecule has 3 aromatic heterocycles. The molecule has 0 unspecified atom stereocenters. The summed E-state index contributed by atoms with van der Waals surface area (Å²) in [4.78, 5) is 27.4. The van der Waals surface area contributed by atoms with Crippen LogP contribution in [0, 0.1) is 0 Å². The summed E-state index contributed by atoms with van der Waals surface area (Å²) in [6.45, 7) is 0.902. The maximum atomic E-state index is 13.1. The van der Waals surface area contributed by atoms with Crippen LogP contribution in [0.1, 0.15) is 23.2 Å². The van der Waals surface area contributed by atoms with E-state index >= 15 is 0 Å². The van der Waals surface area contributed by atoms with Crippen molar-refractivity contribution in [3.8, 4) is 17.0 Å². The van der Waals surface area contributed by atoms with E-state index < -0.39 is 16.1 Å². The lowest BCUT2D eigenvalue weighted by Crippen LogP contribution is -2.40. The van der Waals surface area contributed by atoms with Crippen LogP contribution in [0.4, 0.5) is 11.5 Å². The van der Waals surface area contributed by atoms with Gasteiger partial charge in [-0.2, -0.15) is 0 Å². The highest BCUT2D eigenvalue weighted by atomic mass is 32.2. The van der Waals surface area contributed by atoms with Gasteiger partial charge in [0.1, 0.15) is 16.4 Å². The van der Waals surface area contributed by atoms with Gasteiger partial charge in [0.15, 0.2) is 0 Å². The number of piperidine rings is 1. The molecular formula is C26H26N6O5S. The van der Waals surface area contributed by atoms with E-state index in [-0.39, 0.29) is 28.2 Å². The first-order valence-corrected chi connectivity index (χ1v) is 13.4. The van der Waals surface area contributed by atoms with Crippen LogP contribution in [0.3, 0.4) is 0 Å². The molecule has 1 aliphatic heterocycles. The van der Waals surface area contributed by atoms with Crippen molar-refractivity contribution >= 4 is 38.3 Å². The number of ether oxygens (including phenoxy) is 1. The maximum Gasteiger partial charge on any atom is 0.263 e. The Bertz CT molecular complexity index is 1610. The van der Waals surface area contributed by atoms with Crippen molar-refractivity contribution in [3.63, 3.8) is 0 Å². The first-order valence-electron chi connectivity index (χ1n) is 11.9. The molecule has 1 amide bonds. The minimum atomic E-state index is -3.93. The number of amides is 1. The largest absolute Gasteiger partial charge is 0.480 e. The first kappa shape index (κ1) is 25.4. The number of nitrogens with one attached hydrogen (secondary N) is 1. The lowest BCUT2D eigenvalue weighted by molar-refractivity contribution is 0.0547. The average molecular weight is 535 g/mol. The molecule has 1 aliphatic rings. The van der Waals surface area contributed by atoms with Crippen LogP contribution in [0.25, 0.3) is 22.0 Å². The molecule has 0 spiro atoms. The number of rotatable bonds is 6. The van der Waals surface area contributed by atoms with Gasteiger partial charge in [0.05, 0.1) is 24.3 Å². The highest BCUT2D eigenvalue weighted by Crippen LogP contribution is 2.32. The molecule has 196 valence electrons. The zero-order valence-electron chi connectivity index (χ0n) is 20.5. The van der Waals surface area contributed by atoms with Crippen LogP contribution in [-0.2, 0) is 10.0 Å². The third kappa shape index (κ3) is 5.08. The number of hydrogen-bond donors (Lipinski definition) is 3. The van der Waals surface area contributed by atoms with Crippen molar-refractivity contribution in [3.05, 3.63) is 66.6 Å². The fourth-order valence-corrected chi connectivity index (χ4v) is 5.35. The van der Waals surface area contributed by atoms with Gasteiger partial charge >= 0.3 is 0 Å². The van der Waals surface area contributed by atoms with Gasteiger partial charge in [-0.3, -0.25) is 14.5 Å². The first-order chi connectivity index (χ1) is 18.2. The second-order valence-corrected chi connectivity index (χ2v) is 10.6. The number of methoxy groups -OCH3 is 1. The number of hydrogen-bond acceptors (Lipinski definition) is 9. The predicted molar refractivity (Wildman–Crippen MR) is 142 cm³/mol. The molecule has 12 heteroatoms. The summed E-state index contributed by atoms with van der Waals surface area (Å²) in [6.07, 6.45) is 4.95. The molecule has 0 atom stereocenters. The van der Waals surface area contributed by atoms with Crippen LogP contribution < -0.4 is 15.2 Å². The number of aliphatic hydroxyl groups is 1. The topological polar surface area (TPSA) is 161 Å². The van der Waals surface area contributed by atoms with Gasteiger partial charge < -0.3 is 20.5 Å². The van der Waals surface area contributed by atoms with Crippen LogP contribution in [-0.4, -0.2) is 65.6 Å². The molecule has 0 bridgehead atoms. The quantitative estimate of drug-likeness (QED) is 0.338. The van der Waals surface area contributed by atoms with E-state index in [1.165, 1.54) is 31.6 Å². The van der Waals surface area contributed by atoms with Crippen LogP contribution in [0.5, 0.6) is 5.88 Å². The number of aromatic nitrogens is 3. The molecule has 0 radical (unpaired) electrons. The molecule has 0 saturated carbocycles. The number of anilines is 2. The molecule has 4 N–H and O–H groups in total. The Morgan fingerprint density at radius 2 is 1.92 bits per heavy atom. The van der Waals surface area contributed by atoms with E-state index in [0.29, 0.717) is 48.0 Å². The molecule has 11 nitrogen and oxygen atoms in total. The normalized spacial score (nSPS) is 14.4. The average Bonchev–Trinajstić information content (AvgIpc) is 2.93. The summed E-state index contributed by atoms with van der Waals surface area (Å²) in [5.74, 6) is 0.0166. The van der Waals surface area contributed by atoms with Crippen LogP contribution in [0.2, 0.25) is 0 Å². The number of pyridine rings is 3. The lowest BCUT2D eigenvalue weighted by Gasteiger charge is -2.29. The molecule has 4 aromatic rings. The molecular weight excluding hydrogens is 508 g/mol. The number of nitrogens with zero attached hydrogens (tertiary/aromatic N) is 4. The highest BCUT2D eigenvalue weighted by molar-refractivity contribution is 7.92. The molecule has 5 rings (SSSR count). The molecule has 0 aliphatic carbocycles. The zero-order chi connectivity index (χ0) is 26.9. The second kappa shape index (κ2) is 10.2. The number of fused-ring (bicyclic) bond motifs is 1. The number of benzene rings is 1. The molecule has 38 heavy (non-hydrogen) atoms. The Morgan fingerprint density at radius 3 is 2.63 bits per heavy atom. The Balaban J connectivity index is 1.49. The molecule has 1 fully saturated rings. The summed E-state index contributed by atoms with van der Waals surface area (Å²) in [6, 6.07) is 11.7. The minimum absolute atomic E-state index is 0.00207. The summed E-state index contributed by atoms with van der Waals surface area (Å²) in [7, 11) is -2.53. The van der Waals surface area contributed by atoms with Crippen LogP contribution in [0.15, 0.2) is 66.0 Å². The number of nitrogen functional groups attached to an aromatic ring is 1. The van der Waals surface area contributed by atoms with E-state index in [1.54, 1.807) is 29.3 Å². The zero-order valence-corrected chi connectivity index (χ0v) is 21.4. The number of carbonyl (C=O) groups excluding carboxylic acids is 1. The van der Waals surface area contributed by atoms with Gasteiger partial charge in [-0.1, -0.05) is 6.07 Å². The summed E-state index contributed by atoms with van der Waals surface area (Å²) in [5, 5.41) is 10.4. The minimum Gasteiger partial charge on any atom is -0.480 e. The monoisotopic (exact) mass is 534 g/mol. The second-order valence-electron chi connectivity index (χ2n) is 8.93. The van der Waals surface area contributed by atoms with E-state index in [2.05, 4.69) is 19.7 Å². The number of likely N-dealkylation sites (tertiary alicyclic amines) is 1. The van der Waals surface area contributed by atoms with Gasteiger partial charge in [-0.25, -0.2) is 18.4 Å². The third-order valence-electron chi connectivity index (χ3n) is 6.39. The fraction of sp³-hybridized carbons (Fsp3) is 0.231. The van der Waals surface area contributed by atoms with E-state index in [9.17, 15) is 18.3 Å². The molecule has 4 heterocycles. The van der Waals surface area contributed by atoms with Crippen LogP contribution >= 0.6 is 0 Å². The number of carbonyl (C=O) groups is 1. The number of sulfonamides is 1. The summed E-state index contributed by atoms with van der Waals surface area (Å²) < 4.78 is 33.5. The van der Waals surface area contributed by atoms with E-state index in [1.807, 2.05) is 12.1 Å². The van der Waals surface area contributed by atoms with E-state index in [4.69, 9.17) is 10.5 Å². The summed E-state index contributed by atoms with van der Waals surface area (Å²) >= 11 is 0. The van der Waals surface area contributed by atoms with Gasteiger partial charge in [-0.15, -0.1) is 0 Å².